The fraction of sp³-hybridized carbons (Fsp3) is 0.316. The molecule has 0 saturated carbocycles. The highest BCUT2D eigenvalue weighted by Gasteiger charge is 2.34. The summed E-state index contributed by atoms with van der Waals surface area (Å²) >= 11 is 1.61. The third-order valence-corrected chi connectivity index (χ3v) is 5.76. The zero-order valence-corrected chi connectivity index (χ0v) is 14.6. The van der Waals surface area contributed by atoms with Crippen LogP contribution in [0.5, 0.6) is 5.75 Å². The van der Waals surface area contributed by atoms with E-state index < -0.39 is 0 Å². The lowest BCUT2D eigenvalue weighted by molar-refractivity contribution is -0.115. The van der Waals surface area contributed by atoms with Gasteiger partial charge < -0.3 is 14.7 Å². The van der Waals surface area contributed by atoms with Gasteiger partial charge in [-0.3, -0.25) is 9.69 Å². The normalized spacial score (nSPS) is 21.0. The molecule has 0 radical (unpaired) electrons. The Bertz CT molecular complexity index is 742. The lowest BCUT2D eigenvalue weighted by Gasteiger charge is -2.30. The topological polar surface area (TPSA) is 53.0 Å². The van der Waals surface area contributed by atoms with Crippen LogP contribution < -0.4 is 9.80 Å². The maximum atomic E-state index is 12.4. The molecule has 130 valence electrons. The first-order chi connectivity index (χ1) is 12.2. The van der Waals surface area contributed by atoms with Crippen LogP contribution in [0.4, 0.5) is 11.4 Å². The number of phenols is 1. The molecule has 0 spiro atoms. The molecule has 2 aliphatic rings. The Balaban J connectivity index is 1.58. The van der Waals surface area contributed by atoms with Crippen LogP contribution in [0.15, 0.2) is 48.5 Å². The van der Waals surface area contributed by atoms with Crippen LogP contribution in [0.25, 0.3) is 0 Å². The number of carbonyl (C=O) groups excluding carboxylic acids is 1. The second-order valence-corrected chi connectivity index (χ2v) is 7.20. The second-order valence-electron chi connectivity index (χ2n) is 6.13. The Morgan fingerprint density at radius 1 is 0.960 bits per heavy atom. The van der Waals surface area contributed by atoms with Crippen LogP contribution >= 0.6 is 11.8 Å². The lowest BCUT2D eigenvalue weighted by atomic mass is 10.1. The number of phenolic OH excluding ortho intramolecular Hbond substituents is 1. The summed E-state index contributed by atoms with van der Waals surface area (Å²) in [5.74, 6) is 0.818. The average Bonchev–Trinajstić information content (AvgIpc) is 3.05. The molecule has 1 unspecified atom stereocenters. The van der Waals surface area contributed by atoms with E-state index in [9.17, 15) is 9.90 Å². The van der Waals surface area contributed by atoms with Crippen LogP contribution in [-0.2, 0) is 9.53 Å². The van der Waals surface area contributed by atoms with E-state index in [1.807, 2.05) is 29.2 Å². The molecule has 2 fully saturated rings. The van der Waals surface area contributed by atoms with Gasteiger partial charge in [0.25, 0.3) is 0 Å². The van der Waals surface area contributed by atoms with Crippen molar-refractivity contribution in [2.24, 2.45) is 0 Å². The van der Waals surface area contributed by atoms with Crippen molar-refractivity contribution in [2.75, 3.05) is 41.9 Å². The molecule has 2 saturated heterocycles. The lowest BCUT2D eigenvalue weighted by Crippen LogP contribution is -2.36. The second kappa shape index (κ2) is 6.98. The number of nitrogens with zero attached hydrogens (tertiary/aromatic N) is 2. The van der Waals surface area contributed by atoms with E-state index in [-0.39, 0.29) is 17.0 Å². The summed E-state index contributed by atoms with van der Waals surface area (Å²) in [5.41, 5.74) is 3.09. The number of hydrogen-bond acceptors (Lipinski definition) is 5. The SMILES string of the molecule is O=C1CSC(c2ccc(O)cc2)N1c1ccc(N2CCOCC2)cc1. The van der Waals surface area contributed by atoms with E-state index >= 15 is 0 Å². The van der Waals surface area contributed by atoms with Crippen molar-refractivity contribution in [3.05, 3.63) is 54.1 Å². The number of morpholine rings is 1. The summed E-state index contributed by atoms with van der Waals surface area (Å²) in [6.45, 7) is 3.31. The summed E-state index contributed by atoms with van der Waals surface area (Å²) < 4.78 is 5.40. The van der Waals surface area contributed by atoms with E-state index in [1.165, 1.54) is 0 Å². The number of ether oxygens (including phenoxy) is 1. The van der Waals surface area contributed by atoms with Crippen LogP contribution in [0.3, 0.4) is 0 Å². The fourth-order valence-electron chi connectivity index (χ4n) is 3.23. The Labute approximate surface area is 151 Å². The van der Waals surface area contributed by atoms with Crippen LogP contribution in [0.2, 0.25) is 0 Å². The van der Waals surface area contributed by atoms with Gasteiger partial charge in [-0.15, -0.1) is 11.8 Å². The molecule has 2 aromatic carbocycles. The minimum absolute atomic E-state index is 0.0534. The van der Waals surface area contributed by atoms with Crippen molar-refractivity contribution in [1.29, 1.82) is 0 Å². The van der Waals surface area contributed by atoms with Gasteiger partial charge in [0.15, 0.2) is 0 Å². The molecule has 6 heteroatoms. The minimum Gasteiger partial charge on any atom is -0.508 e. The number of benzene rings is 2. The highest BCUT2D eigenvalue weighted by Crippen LogP contribution is 2.42. The van der Waals surface area contributed by atoms with E-state index in [0.29, 0.717) is 5.75 Å². The van der Waals surface area contributed by atoms with Crippen molar-refractivity contribution < 1.29 is 14.6 Å². The Kier molecular flexibility index (Phi) is 4.55. The number of carbonyl (C=O) groups is 1. The molecule has 2 aliphatic heterocycles. The van der Waals surface area contributed by atoms with Crippen molar-refractivity contribution in [3.8, 4) is 5.75 Å². The maximum Gasteiger partial charge on any atom is 0.238 e. The molecule has 4 rings (SSSR count). The Morgan fingerprint density at radius 2 is 1.60 bits per heavy atom. The minimum atomic E-state index is -0.0534. The van der Waals surface area contributed by atoms with Crippen molar-refractivity contribution in [3.63, 3.8) is 0 Å². The standard InChI is InChI=1S/C19H20N2O3S/c22-17-7-1-14(2-8-17)19-21(18(23)13-25-19)16-5-3-15(4-6-16)20-9-11-24-12-10-20/h1-8,19,22H,9-13H2. The van der Waals surface area contributed by atoms with Gasteiger partial charge in [-0.05, 0) is 42.0 Å². The summed E-state index contributed by atoms with van der Waals surface area (Å²) in [6.07, 6.45) is 0. The zero-order chi connectivity index (χ0) is 17.2. The van der Waals surface area contributed by atoms with E-state index in [1.54, 1.807) is 23.9 Å². The summed E-state index contributed by atoms with van der Waals surface area (Å²) in [4.78, 5) is 16.6. The number of amides is 1. The third kappa shape index (κ3) is 3.32. The highest BCUT2D eigenvalue weighted by molar-refractivity contribution is 8.00. The Morgan fingerprint density at radius 3 is 2.28 bits per heavy atom. The molecular weight excluding hydrogens is 336 g/mol. The molecule has 2 aromatic rings. The summed E-state index contributed by atoms with van der Waals surface area (Å²) in [5, 5.41) is 9.43. The zero-order valence-electron chi connectivity index (χ0n) is 13.8. The van der Waals surface area contributed by atoms with Crippen LogP contribution in [0.1, 0.15) is 10.9 Å². The van der Waals surface area contributed by atoms with E-state index in [4.69, 9.17) is 4.74 Å². The number of rotatable bonds is 3. The van der Waals surface area contributed by atoms with Crippen LogP contribution in [-0.4, -0.2) is 43.1 Å². The molecule has 5 nitrogen and oxygen atoms in total. The average molecular weight is 356 g/mol. The first-order valence-electron chi connectivity index (χ1n) is 8.38. The van der Waals surface area contributed by atoms with Gasteiger partial charge in [0.2, 0.25) is 5.91 Å². The molecule has 1 atom stereocenters. The van der Waals surface area contributed by atoms with Gasteiger partial charge in [0.05, 0.1) is 19.0 Å². The molecule has 0 aromatic heterocycles. The van der Waals surface area contributed by atoms with Gasteiger partial charge in [-0.2, -0.15) is 0 Å². The predicted molar refractivity (Wildman–Crippen MR) is 100 cm³/mol. The van der Waals surface area contributed by atoms with Gasteiger partial charge in [-0.1, -0.05) is 12.1 Å². The fourth-order valence-corrected chi connectivity index (χ4v) is 4.41. The molecule has 25 heavy (non-hydrogen) atoms. The smallest absolute Gasteiger partial charge is 0.238 e. The summed E-state index contributed by atoms with van der Waals surface area (Å²) in [6, 6.07) is 15.3. The Hall–Kier alpha value is -2.18. The predicted octanol–water partition coefficient (Wildman–Crippen LogP) is 3.01. The van der Waals surface area contributed by atoms with Gasteiger partial charge >= 0.3 is 0 Å². The number of hydrogen-bond donors (Lipinski definition) is 1. The molecular formula is C19H20N2O3S. The maximum absolute atomic E-state index is 12.4. The summed E-state index contributed by atoms with van der Waals surface area (Å²) in [7, 11) is 0. The van der Waals surface area contributed by atoms with E-state index in [0.717, 1.165) is 43.2 Å². The molecule has 0 aliphatic carbocycles. The van der Waals surface area contributed by atoms with Crippen molar-refractivity contribution in [1.82, 2.24) is 0 Å². The molecule has 2 heterocycles. The number of aromatic hydroxyl groups is 1. The number of thioether (sulfide) groups is 1. The quantitative estimate of drug-likeness (QED) is 0.916. The monoisotopic (exact) mass is 356 g/mol. The van der Waals surface area contributed by atoms with E-state index in [2.05, 4.69) is 17.0 Å². The molecule has 0 bridgehead atoms. The van der Waals surface area contributed by atoms with Crippen molar-refractivity contribution in [2.45, 2.75) is 5.37 Å². The first kappa shape index (κ1) is 16.3. The molecule has 1 N–H and O–H groups in total. The van der Waals surface area contributed by atoms with Gasteiger partial charge in [0, 0.05) is 24.5 Å². The van der Waals surface area contributed by atoms with Crippen LogP contribution in [0, 0.1) is 0 Å². The third-order valence-electron chi connectivity index (χ3n) is 4.55. The van der Waals surface area contributed by atoms with Gasteiger partial charge in [0.1, 0.15) is 11.1 Å². The molecule has 1 amide bonds. The number of anilines is 2. The largest absolute Gasteiger partial charge is 0.508 e. The van der Waals surface area contributed by atoms with Crippen molar-refractivity contribution >= 4 is 29.0 Å². The highest BCUT2D eigenvalue weighted by atomic mass is 32.2. The first-order valence-corrected chi connectivity index (χ1v) is 9.42. The van der Waals surface area contributed by atoms with Gasteiger partial charge in [-0.25, -0.2) is 0 Å².